The predicted octanol–water partition coefficient (Wildman–Crippen LogP) is 0.862. The molecule has 0 bridgehead atoms. The minimum Gasteiger partial charge on any atom is -0.323 e. The molecule has 1 heterocycles. The quantitative estimate of drug-likeness (QED) is 0.462. The Morgan fingerprint density at radius 3 is 3.23 bits per heavy atom. The summed E-state index contributed by atoms with van der Waals surface area (Å²) in [6.45, 7) is 0. The molecule has 2 N–H and O–H groups in total. The van der Waals surface area contributed by atoms with E-state index in [0.29, 0.717) is 5.69 Å². The number of hydrogen-bond donors (Lipinski definition) is 2. The van der Waals surface area contributed by atoms with Gasteiger partial charge in [-0.25, -0.2) is 4.79 Å². The molecule has 0 fully saturated rings. The second kappa shape index (κ2) is 4.61. The summed E-state index contributed by atoms with van der Waals surface area (Å²) in [6, 6.07) is 0. The first-order valence-corrected chi connectivity index (χ1v) is 4.14. The van der Waals surface area contributed by atoms with Gasteiger partial charge in [0.25, 0.3) is 0 Å². The van der Waals surface area contributed by atoms with E-state index >= 15 is 0 Å². The molecule has 0 aliphatic carbocycles. The Hall–Kier alpha value is -1.37. The third-order valence-electron chi connectivity index (χ3n) is 1.14. The topological polar surface area (TPSA) is 79.4 Å². The van der Waals surface area contributed by atoms with E-state index in [1.807, 2.05) is 0 Å². The van der Waals surface area contributed by atoms with Gasteiger partial charge in [0.1, 0.15) is 0 Å². The highest BCUT2D eigenvalue weighted by Gasteiger charge is 1.98. The molecule has 0 spiro atoms. The van der Waals surface area contributed by atoms with Crippen molar-refractivity contribution in [1.82, 2.24) is 15.5 Å². The Bertz CT molecular complexity index is 322. The van der Waals surface area contributed by atoms with Gasteiger partial charge < -0.3 is 5.32 Å². The van der Waals surface area contributed by atoms with Crippen molar-refractivity contribution in [3.63, 3.8) is 0 Å². The van der Waals surface area contributed by atoms with Crippen molar-refractivity contribution in [2.75, 3.05) is 7.05 Å². The van der Waals surface area contributed by atoms with Crippen LogP contribution in [0.1, 0.15) is 5.69 Å². The zero-order valence-corrected chi connectivity index (χ0v) is 8.33. The summed E-state index contributed by atoms with van der Waals surface area (Å²) in [6.07, 6.45) is 2.29. The number of amides is 1. The Morgan fingerprint density at radius 1 is 1.92 bits per heavy atom. The second-order valence-electron chi connectivity index (χ2n) is 1.99. The van der Waals surface area contributed by atoms with Crippen LogP contribution in [0, 0.1) is 0 Å². The van der Waals surface area contributed by atoms with Gasteiger partial charge in [-0.1, -0.05) is 5.16 Å². The summed E-state index contributed by atoms with van der Waals surface area (Å²) in [5.74, 6) is 0. The van der Waals surface area contributed by atoms with Crippen LogP contribution in [0.15, 0.2) is 15.8 Å². The van der Waals surface area contributed by atoms with Crippen LogP contribution in [0.25, 0.3) is 0 Å². The van der Waals surface area contributed by atoms with E-state index in [2.05, 4.69) is 41.4 Å². The largest absolute Gasteiger partial charge is 0.433 e. The minimum absolute atomic E-state index is 0.619. The third-order valence-corrected chi connectivity index (χ3v) is 1.77. The molecule has 0 atom stereocenters. The van der Waals surface area contributed by atoms with Crippen LogP contribution < -0.4 is 5.32 Å². The van der Waals surface area contributed by atoms with Crippen LogP contribution in [0.3, 0.4) is 0 Å². The maximum absolute atomic E-state index is 10.5. The lowest BCUT2D eigenvalue weighted by Gasteiger charge is -1.92. The van der Waals surface area contributed by atoms with Crippen molar-refractivity contribution >= 4 is 28.2 Å². The van der Waals surface area contributed by atoms with Crippen LogP contribution >= 0.6 is 15.9 Å². The van der Waals surface area contributed by atoms with Crippen molar-refractivity contribution in [2.45, 2.75) is 0 Å². The average Bonchev–Trinajstić information content (AvgIpc) is 2.52. The van der Waals surface area contributed by atoms with Crippen LogP contribution in [0.4, 0.5) is 4.79 Å². The number of aromatic amines is 1. The normalized spacial score (nSPS) is 10.3. The molecular weight excluding hydrogens is 240 g/mol. The van der Waals surface area contributed by atoms with E-state index in [1.165, 1.54) is 13.3 Å². The lowest BCUT2D eigenvalue weighted by atomic mass is 10.5. The maximum atomic E-state index is 10.5. The summed E-state index contributed by atoms with van der Waals surface area (Å²) in [7, 11) is 1.45. The zero-order valence-electron chi connectivity index (χ0n) is 6.74. The monoisotopic (exact) mass is 246 g/mol. The number of halogens is 1. The molecule has 1 rings (SSSR count). The van der Waals surface area contributed by atoms with Gasteiger partial charge in [0.2, 0.25) is 0 Å². The first kappa shape index (κ1) is 9.72. The average molecular weight is 247 g/mol. The van der Waals surface area contributed by atoms with Gasteiger partial charge in [0.15, 0.2) is 0 Å². The molecular formula is C6H7BrN4O2. The van der Waals surface area contributed by atoms with Crippen molar-refractivity contribution in [1.29, 1.82) is 0 Å². The van der Waals surface area contributed by atoms with Gasteiger partial charge in [-0.2, -0.15) is 5.10 Å². The molecule has 70 valence electrons. The molecule has 0 aromatic carbocycles. The van der Waals surface area contributed by atoms with E-state index in [0.717, 1.165) is 4.47 Å². The van der Waals surface area contributed by atoms with E-state index < -0.39 is 6.09 Å². The van der Waals surface area contributed by atoms with Gasteiger partial charge in [-0.05, 0) is 15.9 Å². The van der Waals surface area contributed by atoms with Crippen LogP contribution in [-0.2, 0) is 4.84 Å². The third kappa shape index (κ3) is 2.86. The zero-order chi connectivity index (χ0) is 9.68. The standard InChI is InChI=1S/C6H7BrN4O2/c1-8-6(12)13-10-3-5-4(7)2-9-11-5/h2-3H,1H3,(H,8,12)(H,9,11). The Balaban J connectivity index is 2.50. The second-order valence-corrected chi connectivity index (χ2v) is 2.85. The first-order valence-electron chi connectivity index (χ1n) is 3.35. The lowest BCUT2D eigenvalue weighted by molar-refractivity contribution is 0.154. The summed E-state index contributed by atoms with van der Waals surface area (Å²) >= 11 is 3.21. The van der Waals surface area contributed by atoms with Crippen LogP contribution in [0.5, 0.6) is 0 Å². The number of aromatic nitrogens is 2. The van der Waals surface area contributed by atoms with Gasteiger partial charge >= 0.3 is 6.09 Å². The van der Waals surface area contributed by atoms with Gasteiger partial charge in [0, 0.05) is 7.05 Å². The Kier molecular flexibility index (Phi) is 3.44. The van der Waals surface area contributed by atoms with Gasteiger partial charge in [-0.15, -0.1) is 0 Å². The molecule has 0 radical (unpaired) electrons. The number of carbonyl (C=O) groups excluding carboxylic acids is 1. The molecule has 0 aliphatic heterocycles. The fraction of sp³-hybridized carbons (Fsp3) is 0.167. The minimum atomic E-state index is -0.619. The van der Waals surface area contributed by atoms with Crippen molar-refractivity contribution in [2.24, 2.45) is 5.16 Å². The molecule has 1 amide bonds. The molecule has 1 aromatic heterocycles. The van der Waals surface area contributed by atoms with Gasteiger partial charge in [-0.3, -0.25) is 9.94 Å². The van der Waals surface area contributed by atoms with E-state index in [-0.39, 0.29) is 0 Å². The molecule has 0 unspecified atom stereocenters. The number of oxime groups is 1. The van der Waals surface area contributed by atoms with Crippen LogP contribution in [-0.4, -0.2) is 29.6 Å². The highest BCUT2D eigenvalue weighted by molar-refractivity contribution is 9.10. The van der Waals surface area contributed by atoms with E-state index in [1.54, 1.807) is 6.20 Å². The molecule has 13 heavy (non-hydrogen) atoms. The highest BCUT2D eigenvalue weighted by atomic mass is 79.9. The van der Waals surface area contributed by atoms with E-state index in [9.17, 15) is 4.79 Å². The molecule has 6 nitrogen and oxygen atoms in total. The smallest absolute Gasteiger partial charge is 0.323 e. The fourth-order valence-electron chi connectivity index (χ4n) is 0.545. The Morgan fingerprint density at radius 2 is 2.69 bits per heavy atom. The Labute approximate surface area is 82.5 Å². The predicted molar refractivity (Wildman–Crippen MR) is 49.4 cm³/mol. The number of carbonyl (C=O) groups is 1. The number of rotatable bonds is 2. The number of nitrogens with one attached hydrogen (secondary N) is 2. The summed E-state index contributed by atoms with van der Waals surface area (Å²) in [4.78, 5) is 14.9. The lowest BCUT2D eigenvalue weighted by Crippen LogP contribution is -2.16. The van der Waals surface area contributed by atoms with Gasteiger partial charge in [0.05, 0.1) is 22.6 Å². The van der Waals surface area contributed by atoms with Crippen molar-refractivity contribution in [3.05, 3.63) is 16.4 Å². The number of hydrogen-bond acceptors (Lipinski definition) is 4. The number of nitrogens with zero attached hydrogens (tertiary/aromatic N) is 2. The first-order chi connectivity index (χ1) is 6.24. The fourth-order valence-corrected chi connectivity index (χ4v) is 0.838. The molecule has 7 heteroatoms. The molecule has 0 saturated heterocycles. The maximum Gasteiger partial charge on any atom is 0.433 e. The summed E-state index contributed by atoms with van der Waals surface area (Å²) in [5.41, 5.74) is 0.629. The summed E-state index contributed by atoms with van der Waals surface area (Å²) in [5, 5.41) is 12.0. The SMILES string of the molecule is CNC(=O)ON=Cc1[nH]ncc1Br. The summed E-state index contributed by atoms with van der Waals surface area (Å²) < 4.78 is 0.747. The van der Waals surface area contributed by atoms with E-state index in [4.69, 9.17) is 0 Å². The molecule has 0 aliphatic rings. The van der Waals surface area contributed by atoms with Crippen molar-refractivity contribution < 1.29 is 9.63 Å². The highest BCUT2D eigenvalue weighted by Crippen LogP contribution is 2.09. The van der Waals surface area contributed by atoms with Crippen LogP contribution in [0.2, 0.25) is 0 Å². The molecule has 1 aromatic rings. The molecule has 0 saturated carbocycles. The van der Waals surface area contributed by atoms with Crippen molar-refractivity contribution in [3.8, 4) is 0 Å². The number of H-pyrrole nitrogens is 1.